The largest absolute Gasteiger partial charge is 0.366 e. The molecule has 0 aliphatic rings. The van der Waals surface area contributed by atoms with Gasteiger partial charge in [-0.1, -0.05) is 23.7 Å². The molecule has 2 amide bonds. The first-order chi connectivity index (χ1) is 11.9. The first-order valence-corrected chi connectivity index (χ1v) is 8.71. The maximum atomic E-state index is 12.4. The number of nitrogens with two attached hydrogens (primary N) is 1. The van der Waals surface area contributed by atoms with Gasteiger partial charge >= 0.3 is 0 Å². The van der Waals surface area contributed by atoms with Gasteiger partial charge in [0.25, 0.3) is 5.91 Å². The third kappa shape index (κ3) is 3.90. The van der Waals surface area contributed by atoms with Crippen molar-refractivity contribution in [2.45, 2.75) is 6.92 Å². The van der Waals surface area contributed by atoms with Crippen LogP contribution in [-0.4, -0.2) is 11.8 Å². The molecular weight excluding hydrogens is 356 g/mol. The minimum atomic E-state index is -0.485. The van der Waals surface area contributed by atoms with Gasteiger partial charge in [0.05, 0.1) is 4.88 Å². The number of carbonyl (C=O) groups excluding carboxylic acids is 2. The van der Waals surface area contributed by atoms with E-state index < -0.39 is 5.91 Å². The molecule has 6 heteroatoms. The maximum Gasteiger partial charge on any atom is 0.265 e. The Balaban J connectivity index is 1.77. The van der Waals surface area contributed by atoms with Crippen LogP contribution < -0.4 is 11.1 Å². The molecule has 0 saturated carbocycles. The van der Waals surface area contributed by atoms with E-state index >= 15 is 0 Å². The van der Waals surface area contributed by atoms with Crippen molar-refractivity contribution in [3.8, 4) is 10.4 Å². The zero-order valence-corrected chi connectivity index (χ0v) is 14.9. The van der Waals surface area contributed by atoms with E-state index in [0.29, 0.717) is 21.2 Å². The van der Waals surface area contributed by atoms with Crippen LogP contribution in [0.15, 0.2) is 54.6 Å². The van der Waals surface area contributed by atoms with Gasteiger partial charge in [-0.05, 0) is 60.5 Å². The number of anilines is 1. The molecule has 0 unspecified atom stereocenters. The summed E-state index contributed by atoms with van der Waals surface area (Å²) in [7, 11) is 0. The molecule has 2 aromatic carbocycles. The lowest BCUT2D eigenvalue weighted by Gasteiger charge is -2.07. The van der Waals surface area contributed by atoms with Crippen LogP contribution in [0.2, 0.25) is 5.02 Å². The van der Waals surface area contributed by atoms with Crippen LogP contribution in [0.25, 0.3) is 10.4 Å². The Labute approximate surface area is 154 Å². The normalized spacial score (nSPS) is 10.5. The number of carbonyl (C=O) groups is 2. The molecule has 0 bridgehead atoms. The van der Waals surface area contributed by atoms with Gasteiger partial charge in [0.2, 0.25) is 5.91 Å². The lowest BCUT2D eigenvalue weighted by Crippen LogP contribution is -2.14. The molecule has 0 radical (unpaired) electrons. The molecule has 3 aromatic rings. The number of hydrogen-bond donors (Lipinski definition) is 2. The summed E-state index contributed by atoms with van der Waals surface area (Å²) in [4.78, 5) is 25.3. The number of halogens is 1. The summed E-state index contributed by atoms with van der Waals surface area (Å²) in [5.41, 5.74) is 8.08. The van der Waals surface area contributed by atoms with Crippen LogP contribution in [0, 0.1) is 6.92 Å². The fourth-order valence-corrected chi connectivity index (χ4v) is 3.47. The Hall–Kier alpha value is -2.63. The third-order valence-corrected chi connectivity index (χ3v) is 5.09. The fourth-order valence-electron chi connectivity index (χ4n) is 2.44. The molecule has 0 aliphatic heterocycles. The van der Waals surface area contributed by atoms with Crippen molar-refractivity contribution >= 4 is 40.4 Å². The molecule has 3 rings (SSSR count). The maximum absolute atomic E-state index is 12.4. The summed E-state index contributed by atoms with van der Waals surface area (Å²) < 4.78 is 0. The summed E-state index contributed by atoms with van der Waals surface area (Å²) in [6.45, 7) is 1.78. The predicted molar refractivity (Wildman–Crippen MR) is 102 cm³/mol. The van der Waals surface area contributed by atoms with Crippen molar-refractivity contribution in [3.63, 3.8) is 0 Å². The summed E-state index contributed by atoms with van der Waals surface area (Å²) >= 11 is 7.30. The molecule has 25 heavy (non-hydrogen) atoms. The third-order valence-electron chi connectivity index (χ3n) is 3.71. The van der Waals surface area contributed by atoms with Crippen molar-refractivity contribution in [2.24, 2.45) is 5.73 Å². The van der Waals surface area contributed by atoms with Crippen molar-refractivity contribution in [3.05, 3.63) is 75.6 Å². The van der Waals surface area contributed by atoms with E-state index in [1.54, 1.807) is 31.2 Å². The summed E-state index contributed by atoms with van der Waals surface area (Å²) in [6.07, 6.45) is 0. The van der Waals surface area contributed by atoms with Crippen LogP contribution in [-0.2, 0) is 0 Å². The highest BCUT2D eigenvalue weighted by Gasteiger charge is 2.12. The predicted octanol–water partition coefficient (Wildman–Crippen LogP) is 4.73. The van der Waals surface area contributed by atoms with E-state index in [1.807, 2.05) is 30.3 Å². The number of nitrogens with one attached hydrogen (secondary N) is 1. The molecule has 126 valence electrons. The first kappa shape index (κ1) is 17.2. The molecule has 3 N–H and O–H groups in total. The fraction of sp³-hybridized carbons (Fsp3) is 0.0526. The van der Waals surface area contributed by atoms with E-state index in [0.717, 1.165) is 16.0 Å². The molecule has 1 heterocycles. The topological polar surface area (TPSA) is 72.2 Å². The summed E-state index contributed by atoms with van der Waals surface area (Å²) in [6, 6.07) is 16.2. The van der Waals surface area contributed by atoms with E-state index in [9.17, 15) is 9.59 Å². The number of rotatable bonds is 4. The van der Waals surface area contributed by atoms with Crippen LogP contribution in [0.1, 0.15) is 25.6 Å². The Morgan fingerprint density at radius 3 is 2.40 bits per heavy atom. The molecular formula is C19H15ClN2O2S. The molecule has 0 saturated heterocycles. The Bertz CT molecular complexity index is 948. The second-order valence-electron chi connectivity index (χ2n) is 5.52. The lowest BCUT2D eigenvalue weighted by molar-refractivity contribution is 0.0998. The van der Waals surface area contributed by atoms with Gasteiger partial charge in [-0.2, -0.15) is 0 Å². The van der Waals surface area contributed by atoms with Gasteiger partial charge in [-0.25, -0.2) is 0 Å². The van der Waals surface area contributed by atoms with Crippen molar-refractivity contribution in [2.75, 3.05) is 5.32 Å². The standard InChI is InChI=1S/C19H15ClN2O2S/c1-11-10-14(6-7-15(11)18(21)23)22-19(24)17-9-8-16(25-17)12-2-4-13(20)5-3-12/h2-10H,1H3,(H2,21,23)(H,22,24). The molecule has 0 aliphatic carbocycles. The van der Waals surface area contributed by atoms with Crippen molar-refractivity contribution in [1.82, 2.24) is 0 Å². The summed E-state index contributed by atoms with van der Waals surface area (Å²) in [5, 5.41) is 3.51. The van der Waals surface area contributed by atoms with Crippen LogP contribution in [0.3, 0.4) is 0 Å². The van der Waals surface area contributed by atoms with Gasteiger partial charge < -0.3 is 11.1 Å². The van der Waals surface area contributed by atoms with Gasteiger partial charge in [-0.15, -0.1) is 11.3 Å². The molecule has 0 atom stereocenters. The molecule has 0 fully saturated rings. The molecule has 1 aromatic heterocycles. The lowest BCUT2D eigenvalue weighted by atomic mass is 10.1. The quantitative estimate of drug-likeness (QED) is 0.696. The second-order valence-corrected chi connectivity index (χ2v) is 7.04. The number of hydrogen-bond acceptors (Lipinski definition) is 3. The van der Waals surface area contributed by atoms with Gasteiger partial charge in [-0.3, -0.25) is 9.59 Å². The number of thiophene rings is 1. The van der Waals surface area contributed by atoms with E-state index in [-0.39, 0.29) is 5.91 Å². The van der Waals surface area contributed by atoms with Gasteiger partial charge in [0.15, 0.2) is 0 Å². The molecule has 4 nitrogen and oxygen atoms in total. The van der Waals surface area contributed by atoms with Crippen molar-refractivity contribution < 1.29 is 9.59 Å². The van der Waals surface area contributed by atoms with E-state index in [2.05, 4.69) is 5.32 Å². The minimum Gasteiger partial charge on any atom is -0.366 e. The number of aryl methyl sites for hydroxylation is 1. The van der Waals surface area contributed by atoms with Crippen LogP contribution in [0.4, 0.5) is 5.69 Å². The smallest absolute Gasteiger partial charge is 0.265 e. The first-order valence-electron chi connectivity index (χ1n) is 7.51. The van der Waals surface area contributed by atoms with Crippen LogP contribution in [0.5, 0.6) is 0 Å². The molecule has 0 spiro atoms. The van der Waals surface area contributed by atoms with Gasteiger partial charge in [0, 0.05) is 21.2 Å². The second kappa shape index (κ2) is 7.09. The Morgan fingerprint density at radius 2 is 1.76 bits per heavy atom. The summed E-state index contributed by atoms with van der Waals surface area (Å²) in [5.74, 6) is -0.683. The van der Waals surface area contributed by atoms with Crippen LogP contribution >= 0.6 is 22.9 Å². The monoisotopic (exact) mass is 370 g/mol. The Kier molecular flexibility index (Phi) is 4.88. The zero-order valence-electron chi connectivity index (χ0n) is 13.4. The van der Waals surface area contributed by atoms with E-state index in [4.69, 9.17) is 17.3 Å². The highest BCUT2D eigenvalue weighted by Crippen LogP contribution is 2.29. The minimum absolute atomic E-state index is 0.198. The Morgan fingerprint density at radius 1 is 1.04 bits per heavy atom. The SMILES string of the molecule is Cc1cc(NC(=O)c2ccc(-c3ccc(Cl)cc3)s2)ccc1C(N)=O. The number of benzene rings is 2. The zero-order chi connectivity index (χ0) is 18.0. The highest BCUT2D eigenvalue weighted by molar-refractivity contribution is 7.17. The average molecular weight is 371 g/mol. The number of amides is 2. The number of primary amides is 1. The van der Waals surface area contributed by atoms with Crippen molar-refractivity contribution in [1.29, 1.82) is 0 Å². The highest BCUT2D eigenvalue weighted by atomic mass is 35.5. The van der Waals surface area contributed by atoms with Gasteiger partial charge in [0.1, 0.15) is 0 Å². The average Bonchev–Trinajstić information content (AvgIpc) is 3.05. The van der Waals surface area contributed by atoms with E-state index in [1.165, 1.54) is 11.3 Å².